The largest absolute Gasteiger partial charge is 0.497 e. The van der Waals surface area contributed by atoms with Gasteiger partial charge in [0.25, 0.3) is 5.91 Å². The van der Waals surface area contributed by atoms with Gasteiger partial charge in [0.15, 0.2) is 6.54 Å². The monoisotopic (exact) mass is 373 g/mol. The second-order valence-corrected chi connectivity index (χ2v) is 6.90. The first-order valence-corrected chi connectivity index (χ1v) is 9.14. The summed E-state index contributed by atoms with van der Waals surface area (Å²) in [5.74, 6) is 1.09. The number of nitrogens with one attached hydrogen (secondary N) is 2. The number of carbonyl (C=O) groups excluding carboxylic acids is 1. The lowest BCUT2D eigenvalue weighted by Gasteiger charge is -2.23. The molecule has 2 atom stereocenters. The molecule has 1 aliphatic heterocycles. The highest BCUT2D eigenvalue weighted by molar-refractivity contribution is 5.91. The molecule has 0 radical (unpaired) electrons. The van der Waals surface area contributed by atoms with E-state index < -0.39 is 0 Å². The van der Waals surface area contributed by atoms with E-state index in [1.54, 1.807) is 33.3 Å². The average molecular weight is 373 g/mol. The van der Waals surface area contributed by atoms with Gasteiger partial charge in [-0.05, 0) is 36.8 Å². The molecule has 27 heavy (non-hydrogen) atoms. The Morgan fingerprint density at radius 3 is 2.74 bits per heavy atom. The van der Waals surface area contributed by atoms with Crippen molar-refractivity contribution >= 4 is 11.6 Å². The van der Waals surface area contributed by atoms with Crippen molar-refractivity contribution in [3.63, 3.8) is 0 Å². The van der Waals surface area contributed by atoms with Gasteiger partial charge in [-0.2, -0.15) is 0 Å². The van der Waals surface area contributed by atoms with Crippen molar-refractivity contribution in [3.05, 3.63) is 53.3 Å². The highest BCUT2D eigenvalue weighted by Crippen LogP contribution is 2.31. The molecule has 0 saturated carbocycles. The summed E-state index contributed by atoms with van der Waals surface area (Å²) in [6.07, 6.45) is 2.03. The van der Waals surface area contributed by atoms with E-state index in [0.717, 1.165) is 36.4 Å². The van der Waals surface area contributed by atoms with Crippen LogP contribution in [-0.2, 0) is 4.79 Å². The molecule has 2 aromatic rings. The van der Waals surface area contributed by atoms with Crippen LogP contribution in [0.25, 0.3) is 0 Å². The van der Waals surface area contributed by atoms with Gasteiger partial charge >= 0.3 is 0 Å². The molecule has 5 nitrogen and oxygen atoms in total. The number of carbonyl (C=O) groups is 1. The molecule has 2 N–H and O–H groups in total. The van der Waals surface area contributed by atoms with Gasteiger partial charge in [0, 0.05) is 24.6 Å². The number of aryl methyl sites for hydroxylation is 1. The van der Waals surface area contributed by atoms with E-state index >= 15 is 0 Å². The zero-order chi connectivity index (χ0) is 19.4. The number of ether oxygens (including phenoxy) is 2. The summed E-state index contributed by atoms with van der Waals surface area (Å²) < 4.78 is 24.5. The minimum absolute atomic E-state index is 0.118. The number of amides is 1. The third kappa shape index (κ3) is 4.39. The number of hydrogen-bond acceptors (Lipinski definition) is 3. The lowest BCUT2D eigenvalue weighted by Crippen LogP contribution is -3.11. The Labute approximate surface area is 159 Å². The molecule has 144 valence electrons. The molecule has 0 spiro atoms. The molecule has 1 unspecified atom stereocenters. The van der Waals surface area contributed by atoms with Gasteiger partial charge in [0.1, 0.15) is 23.4 Å². The topological polar surface area (TPSA) is 52.0 Å². The van der Waals surface area contributed by atoms with Crippen LogP contribution >= 0.6 is 0 Å². The smallest absolute Gasteiger partial charge is 0.279 e. The van der Waals surface area contributed by atoms with Crippen molar-refractivity contribution in [1.82, 2.24) is 0 Å². The third-order valence-corrected chi connectivity index (χ3v) is 5.14. The van der Waals surface area contributed by atoms with Gasteiger partial charge in [-0.15, -0.1) is 0 Å². The first-order chi connectivity index (χ1) is 13.0. The molecule has 1 aliphatic rings. The van der Waals surface area contributed by atoms with Gasteiger partial charge < -0.3 is 19.7 Å². The molecule has 1 fully saturated rings. The third-order valence-electron chi connectivity index (χ3n) is 5.14. The molecule has 2 aromatic carbocycles. The van der Waals surface area contributed by atoms with Crippen molar-refractivity contribution < 1.29 is 23.6 Å². The lowest BCUT2D eigenvalue weighted by atomic mass is 10.0. The Balaban J connectivity index is 1.71. The SMILES string of the molecule is COc1ccc([C@H]2CCC[NH+]2CC(=O)Nc2ccc(C)c(F)c2)c(OC)c1. The predicted octanol–water partition coefficient (Wildman–Crippen LogP) is 2.51. The Morgan fingerprint density at radius 1 is 1.22 bits per heavy atom. The summed E-state index contributed by atoms with van der Waals surface area (Å²) in [6.45, 7) is 2.94. The maximum absolute atomic E-state index is 13.7. The van der Waals surface area contributed by atoms with Crippen LogP contribution in [0.1, 0.15) is 30.0 Å². The summed E-state index contributed by atoms with van der Waals surface area (Å²) >= 11 is 0. The molecule has 3 rings (SSSR count). The molecular formula is C21H26FN2O3+. The van der Waals surface area contributed by atoms with Crippen molar-refractivity contribution in [1.29, 1.82) is 0 Å². The molecule has 0 aliphatic carbocycles. The van der Waals surface area contributed by atoms with Crippen LogP contribution in [0.4, 0.5) is 10.1 Å². The Morgan fingerprint density at radius 2 is 2.04 bits per heavy atom. The summed E-state index contributed by atoms with van der Waals surface area (Å²) in [4.78, 5) is 13.7. The normalized spacial score (nSPS) is 19.0. The quantitative estimate of drug-likeness (QED) is 0.818. The van der Waals surface area contributed by atoms with Gasteiger partial charge in [-0.3, -0.25) is 4.79 Å². The van der Waals surface area contributed by atoms with E-state index in [9.17, 15) is 9.18 Å². The number of rotatable bonds is 6. The Bertz CT molecular complexity index is 825. The van der Waals surface area contributed by atoms with Crippen molar-refractivity contribution in [2.75, 3.05) is 32.6 Å². The molecule has 1 amide bonds. The number of anilines is 1. The minimum Gasteiger partial charge on any atom is -0.497 e. The maximum atomic E-state index is 13.7. The molecule has 6 heteroatoms. The number of halogens is 1. The second-order valence-electron chi connectivity index (χ2n) is 6.90. The van der Waals surface area contributed by atoms with E-state index in [1.165, 1.54) is 11.0 Å². The number of quaternary nitrogens is 1. The number of methoxy groups -OCH3 is 2. The lowest BCUT2D eigenvalue weighted by molar-refractivity contribution is -0.910. The fourth-order valence-electron chi connectivity index (χ4n) is 3.69. The summed E-state index contributed by atoms with van der Waals surface area (Å²) in [5, 5.41) is 2.80. The fourth-order valence-corrected chi connectivity index (χ4v) is 3.69. The van der Waals surface area contributed by atoms with E-state index in [0.29, 0.717) is 17.8 Å². The van der Waals surface area contributed by atoms with Crippen LogP contribution in [0.15, 0.2) is 36.4 Å². The van der Waals surface area contributed by atoms with Gasteiger partial charge in [-0.1, -0.05) is 6.07 Å². The molecule has 0 bridgehead atoms. The Kier molecular flexibility index (Phi) is 5.96. The highest BCUT2D eigenvalue weighted by atomic mass is 19.1. The standard InChI is InChI=1S/C21H25FN2O3/c1-14-6-7-15(11-18(14)22)23-21(25)13-24-10-4-5-19(24)17-9-8-16(26-2)12-20(17)27-3/h6-9,11-12,19H,4-5,10,13H2,1-3H3,(H,23,25)/p+1/t19-/m1/s1. The van der Waals surface area contributed by atoms with E-state index in [4.69, 9.17) is 9.47 Å². The zero-order valence-corrected chi connectivity index (χ0v) is 16.0. The van der Waals surface area contributed by atoms with Crippen LogP contribution in [-0.4, -0.2) is 33.2 Å². The summed E-state index contributed by atoms with van der Waals surface area (Å²) in [7, 11) is 3.27. The predicted molar refractivity (Wildman–Crippen MR) is 102 cm³/mol. The van der Waals surface area contributed by atoms with Crippen LogP contribution in [0.2, 0.25) is 0 Å². The van der Waals surface area contributed by atoms with Crippen LogP contribution < -0.4 is 19.7 Å². The van der Waals surface area contributed by atoms with Gasteiger partial charge in [0.05, 0.1) is 26.3 Å². The van der Waals surface area contributed by atoms with Gasteiger partial charge in [-0.25, -0.2) is 4.39 Å². The van der Waals surface area contributed by atoms with E-state index in [-0.39, 0.29) is 17.8 Å². The first-order valence-electron chi connectivity index (χ1n) is 9.14. The van der Waals surface area contributed by atoms with Crippen molar-refractivity contribution in [2.45, 2.75) is 25.8 Å². The van der Waals surface area contributed by atoms with Crippen molar-refractivity contribution in [3.8, 4) is 11.5 Å². The molecular weight excluding hydrogens is 347 g/mol. The van der Waals surface area contributed by atoms with Crippen LogP contribution in [0.5, 0.6) is 11.5 Å². The summed E-state index contributed by atoms with van der Waals surface area (Å²) in [5.41, 5.74) is 2.13. The highest BCUT2D eigenvalue weighted by Gasteiger charge is 2.33. The molecule has 1 saturated heterocycles. The average Bonchev–Trinajstić information content (AvgIpc) is 3.11. The molecule has 1 heterocycles. The second kappa shape index (κ2) is 8.39. The zero-order valence-electron chi connectivity index (χ0n) is 16.0. The number of hydrogen-bond donors (Lipinski definition) is 2. The van der Waals surface area contributed by atoms with E-state index in [1.807, 2.05) is 18.2 Å². The summed E-state index contributed by atoms with van der Waals surface area (Å²) in [6, 6.07) is 10.7. The van der Waals surface area contributed by atoms with Gasteiger partial charge in [0.2, 0.25) is 0 Å². The fraction of sp³-hybridized carbons (Fsp3) is 0.381. The molecule has 0 aromatic heterocycles. The number of benzene rings is 2. The van der Waals surface area contributed by atoms with Crippen LogP contribution in [0, 0.1) is 12.7 Å². The number of likely N-dealkylation sites (tertiary alicyclic amines) is 1. The van der Waals surface area contributed by atoms with E-state index in [2.05, 4.69) is 5.32 Å². The Hall–Kier alpha value is -2.60. The minimum atomic E-state index is -0.317. The first kappa shape index (κ1) is 19.2. The maximum Gasteiger partial charge on any atom is 0.279 e. The van der Waals surface area contributed by atoms with Crippen LogP contribution in [0.3, 0.4) is 0 Å². The van der Waals surface area contributed by atoms with Crippen molar-refractivity contribution in [2.24, 2.45) is 0 Å².